The number of nitriles is 1. The molecule has 2 aromatic heterocycles. The molecule has 2 rings (SSSR count). The number of aromatic nitrogens is 3. The Morgan fingerprint density at radius 2 is 2.06 bits per heavy atom. The van der Waals surface area contributed by atoms with Crippen LogP contribution in [0.2, 0.25) is 0 Å². The lowest BCUT2D eigenvalue weighted by molar-refractivity contribution is 0.850. The Kier molecular flexibility index (Phi) is 3.49. The van der Waals surface area contributed by atoms with E-state index in [9.17, 15) is 0 Å². The number of hydrogen-bond acceptors (Lipinski definition) is 5. The summed E-state index contributed by atoms with van der Waals surface area (Å²) in [6, 6.07) is 7.90. The van der Waals surface area contributed by atoms with Gasteiger partial charge in [0.2, 0.25) is 0 Å². The molecule has 0 atom stereocenters. The van der Waals surface area contributed by atoms with Crippen LogP contribution in [0, 0.1) is 18.3 Å². The van der Waals surface area contributed by atoms with Crippen LogP contribution in [0.25, 0.3) is 0 Å². The molecular weight excluding hydrogens is 226 g/mol. The average Bonchev–Trinajstić information content (AvgIpc) is 2.38. The summed E-state index contributed by atoms with van der Waals surface area (Å²) in [6.07, 6.45) is 3.09. The smallest absolute Gasteiger partial charge is 0.183 e. The molecule has 5 nitrogen and oxygen atoms in total. The Morgan fingerprint density at radius 1 is 1.28 bits per heavy atom. The average molecular weight is 239 g/mol. The van der Waals surface area contributed by atoms with E-state index >= 15 is 0 Å². The molecule has 5 heteroatoms. The van der Waals surface area contributed by atoms with Gasteiger partial charge in [0.1, 0.15) is 6.07 Å². The summed E-state index contributed by atoms with van der Waals surface area (Å²) in [5.74, 6) is 0.573. The van der Waals surface area contributed by atoms with Gasteiger partial charge >= 0.3 is 0 Å². The van der Waals surface area contributed by atoms with E-state index in [1.807, 2.05) is 43.1 Å². The van der Waals surface area contributed by atoms with Crippen LogP contribution >= 0.6 is 0 Å². The van der Waals surface area contributed by atoms with Crippen LogP contribution in [-0.2, 0) is 6.54 Å². The van der Waals surface area contributed by atoms with Gasteiger partial charge in [0.15, 0.2) is 11.5 Å². The van der Waals surface area contributed by atoms with Crippen LogP contribution in [0.5, 0.6) is 0 Å². The molecule has 18 heavy (non-hydrogen) atoms. The van der Waals surface area contributed by atoms with Gasteiger partial charge in [0.25, 0.3) is 0 Å². The summed E-state index contributed by atoms with van der Waals surface area (Å²) < 4.78 is 0. The van der Waals surface area contributed by atoms with Gasteiger partial charge in [-0.15, -0.1) is 0 Å². The first-order chi connectivity index (χ1) is 8.70. The zero-order chi connectivity index (χ0) is 13.0. The molecule has 0 spiro atoms. The van der Waals surface area contributed by atoms with Gasteiger partial charge in [-0.25, -0.2) is 9.97 Å². The molecule has 0 aliphatic heterocycles. The summed E-state index contributed by atoms with van der Waals surface area (Å²) in [5, 5.41) is 8.98. The minimum absolute atomic E-state index is 0.327. The van der Waals surface area contributed by atoms with E-state index in [1.54, 1.807) is 6.20 Å². The fourth-order valence-electron chi connectivity index (χ4n) is 1.69. The van der Waals surface area contributed by atoms with Crippen LogP contribution in [0.4, 0.5) is 5.82 Å². The highest BCUT2D eigenvalue weighted by molar-refractivity contribution is 5.48. The second kappa shape index (κ2) is 5.23. The molecule has 0 N–H and O–H groups in total. The maximum Gasteiger partial charge on any atom is 0.183 e. The Hall–Kier alpha value is -2.48. The van der Waals surface area contributed by atoms with Crippen molar-refractivity contribution in [1.29, 1.82) is 5.26 Å². The molecule has 0 saturated heterocycles. The largest absolute Gasteiger partial charge is 0.351 e. The summed E-state index contributed by atoms with van der Waals surface area (Å²) in [4.78, 5) is 14.5. The zero-order valence-corrected chi connectivity index (χ0v) is 10.3. The minimum Gasteiger partial charge on any atom is -0.351 e. The van der Waals surface area contributed by atoms with E-state index in [1.165, 1.54) is 6.20 Å². The third-order valence-corrected chi connectivity index (χ3v) is 2.49. The molecule has 0 amide bonds. The first kappa shape index (κ1) is 12.0. The van der Waals surface area contributed by atoms with Crippen molar-refractivity contribution in [3.8, 4) is 6.07 Å². The van der Waals surface area contributed by atoms with Crippen molar-refractivity contribution in [3.63, 3.8) is 0 Å². The molecule has 90 valence electrons. The normalized spacial score (nSPS) is 9.83. The molecule has 0 saturated carbocycles. The van der Waals surface area contributed by atoms with E-state index in [-0.39, 0.29) is 0 Å². The molecule has 0 unspecified atom stereocenters. The first-order valence-corrected chi connectivity index (χ1v) is 5.55. The predicted octanol–water partition coefficient (Wildman–Crippen LogP) is 1.69. The minimum atomic E-state index is 0.327. The maximum atomic E-state index is 8.98. The number of pyridine rings is 1. The van der Waals surface area contributed by atoms with Crippen molar-refractivity contribution in [2.75, 3.05) is 11.9 Å². The predicted molar refractivity (Wildman–Crippen MR) is 67.8 cm³/mol. The summed E-state index contributed by atoms with van der Waals surface area (Å²) >= 11 is 0. The topological polar surface area (TPSA) is 65.7 Å². The fourth-order valence-corrected chi connectivity index (χ4v) is 1.69. The SMILES string of the molecule is Cc1cccc(CN(C)c2nccnc2C#N)n1. The van der Waals surface area contributed by atoms with Crippen molar-refractivity contribution in [3.05, 3.63) is 47.7 Å². The van der Waals surface area contributed by atoms with Gasteiger partial charge in [0, 0.05) is 25.1 Å². The van der Waals surface area contributed by atoms with E-state index < -0.39 is 0 Å². The number of anilines is 1. The lowest BCUT2D eigenvalue weighted by Gasteiger charge is -2.18. The highest BCUT2D eigenvalue weighted by Gasteiger charge is 2.10. The molecule has 0 bridgehead atoms. The molecule has 2 aromatic rings. The van der Waals surface area contributed by atoms with Crippen LogP contribution < -0.4 is 4.90 Å². The van der Waals surface area contributed by atoms with Crippen LogP contribution in [-0.4, -0.2) is 22.0 Å². The van der Waals surface area contributed by atoms with Crippen molar-refractivity contribution >= 4 is 5.82 Å². The number of nitrogens with zero attached hydrogens (tertiary/aromatic N) is 5. The van der Waals surface area contributed by atoms with Gasteiger partial charge in [-0.05, 0) is 19.1 Å². The van der Waals surface area contributed by atoms with Gasteiger partial charge in [-0.2, -0.15) is 5.26 Å². The van der Waals surface area contributed by atoms with E-state index in [2.05, 4.69) is 15.0 Å². The third kappa shape index (κ3) is 2.61. The molecule has 0 aliphatic carbocycles. The van der Waals surface area contributed by atoms with E-state index in [4.69, 9.17) is 5.26 Å². The molecule has 0 fully saturated rings. The number of rotatable bonds is 3. The molecule has 0 aliphatic rings. The van der Waals surface area contributed by atoms with Crippen molar-refractivity contribution in [1.82, 2.24) is 15.0 Å². The Bertz CT molecular complexity index is 588. The lowest BCUT2D eigenvalue weighted by Crippen LogP contribution is -2.20. The van der Waals surface area contributed by atoms with Crippen LogP contribution in [0.3, 0.4) is 0 Å². The fraction of sp³-hybridized carbons (Fsp3) is 0.231. The summed E-state index contributed by atoms with van der Waals surface area (Å²) in [7, 11) is 1.87. The van der Waals surface area contributed by atoms with E-state index in [0.717, 1.165) is 11.4 Å². The van der Waals surface area contributed by atoms with E-state index in [0.29, 0.717) is 18.1 Å². The summed E-state index contributed by atoms with van der Waals surface area (Å²) in [6.45, 7) is 2.54. The molecule has 0 radical (unpaired) electrons. The second-order valence-corrected chi connectivity index (χ2v) is 3.97. The number of hydrogen-bond donors (Lipinski definition) is 0. The summed E-state index contributed by atoms with van der Waals surface area (Å²) in [5.41, 5.74) is 2.24. The maximum absolute atomic E-state index is 8.98. The first-order valence-electron chi connectivity index (χ1n) is 5.55. The van der Waals surface area contributed by atoms with Gasteiger partial charge in [-0.3, -0.25) is 4.98 Å². The monoisotopic (exact) mass is 239 g/mol. The van der Waals surface area contributed by atoms with Crippen LogP contribution in [0.15, 0.2) is 30.6 Å². The van der Waals surface area contributed by atoms with Crippen molar-refractivity contribution < 1.29 is 0 Å². The highest BCUT2D eigenvalue weighted by atomic mass is 15.2. The molecule has 0 aromatic carbocycles. The highest BCUT2D eigenvalue weighted by Crippen LogP contribution is 2.14. The standard InChI is InChI=1S/C13H13N5/c1-10-4-3-5-11(17-10)9-18(2)13-12(8-14)15-6-7-16-13/h3-7H,9H2,1-2H3. The molecular formula is C13H13N5. The lowest BCUT2D eigenvalue weighted by atomic mass is 10.3. The molecule has 2 heterocycles. The van der Waals surface area contributed by atoms with Crippen LogP contribution in [0.1, 0.15) is 17.1 Å². The second-order valence-electron chi connectivity index (χ2n) is 3.97. The van der Waals surface area contributed by atoms with Gasteiger partial charge in [0.05, 0.1) is 12.2 Å². The van der Waals surface area contributed by atoms with Crippen molar-refractivity contribution in [2.45, 2.75) is 13.5 Å². The Morgan fingerprint density at radius 3 is 2.78 bits per heavy atom. The Labute approximate surface area is 106 Å². The van der Waals surface area contributed by atoms with Crippen molar-refractivity contribution in [2.24, 2.45) is 0 Å². The number of aryl methyl sites for hydroxylation is 1. The third-order valence-electron chi connectivity index (χ3n) is 2.49. The van der Waals surface area contributed by atoms with Gasteiger partial charge in [-0.1, -0.05) is 6.07 Å². The van der Waals surface area contributed by atoms with Gasteiger partial charge < -0.3 is 4.90 Å². The Balaban J connectivity index is 2.22. The quantitative estimate of drug-likeness (QED) is 0.815. The zero-order valence-electron chi connectivity index (χ0n) is 10.3.